The molecule has 2 unspecified atom stereocenters. The molecule has 1 saturated carbocycles. The highest BCUT2D eigenvalue weighted by Gasteiger charge is 2.67. The zero-order valence-corrected chi connectivity index (χ0v) is 12.6. The Hall–Kier alpha value is -2.37. The molecule has 0 spiro atoms. The largest absolute Gasteiger partial charge is 0.299 e. The lowest BCUT2D eigenvalue weighted by atomic mass is 9.47. The Morgan fingerprint density at radius 1 is 1.10 bits per heavy atom. The SMILES string of the molecule is CCCC1C(=O)CC(C(C)C)C(C#N)(C#N)C1(C#N)C#N. The quantitative estimate of drug-likeness (QED) is 0.789. The first-order valence-electron chi connectivity index (χ1n) is 7.08. The second-order valence-corrected chi connectivity index (χ2v) is 5.93. The van der Waals surface area contributed by atoms with Crippen LogP contribution in [0.5, 0.6) is 0 Å². The van der Waals surface area contributed by atoms with Crippen molar-refractivity contribution >= 4 is 5.78 Å². The van der Waals surface area contributed by atoms with E-state index in [0.29, 0.717) is 12.8 Å². The Balaban J connectivity index is 3.70. The van der Waals surface area contributed by atoms with Crippen LogP contribution >= 0.6 is 0 Å². The summed E-state index contributed by atoms with van der Waals surface area (Å²) < 4.78 is 0. The number of hydrogen-bond donors (Lipinski definition) is 0. The molecule has 0 aromatic heterocycles. The molecule has 1 aliphatic carbocycles. The molecule has 1 rings (SSSR count). The topological polar surface area (TPSA) is 112 Å². The van der Waals surface area contributed by atoms with E-state index in [4.69, 9.17) is 0 Å². The van der Waals surface area contributed by atoms with Crippen molar-refractivity contribution in [3.8, 4) is 24.3 Å². The summed E-state index contributed by atoms with van der Waals surface area (Å²) in [5.74, 6) is -1.80. The Morgan fingerprint density at radius 3 is 1.90 bits per heavy atom. The van der Waals surface area contributed by atoms with Crippen LogP contribution in [0.4, 0.5) is 0 Å². The fourth-order valence-electron chi connectivity index (χ4n) is 3.45. The molecule has 0 aliphatic heterocycles. The number of nitriles is 4. The molecule has 1 aliphatic rings. The second kappa shape index (κ2) is 5.95. The lowest BCUT2D eigenvalue weighted by Crippen LogP contribution is -2.56. The maximum absolute atomic E-state index is 12.4. The van der Waals surface area contributed by atoms with Crippen molar-refractivity contribution in [3.05, 3.63) is 0 Å². The summed E-state index contributed by atoms with van der Waals surface area (Å²) >= 11 is 0. The van der Waals surface area contributed by atoms with E-state index in [1.165, 1.54) is 0 Å². The lowest BCUT2D eigenvalue weighted by molar-refractivity contribution is -0.135. The summed E-state index contributed by atoms with van der Waals surface area (Å²) in [4.78, 5) is 12.4. The molecule has 2 atom stereocenters. The van der Waals surface area contributed by atoms with Crippen molar-refractivity contribution in [1.29, 1.82) is 21.0 Å². The molecule has 0 aromatic carbocycles. The van der Waals surface area contributed by atoms with Gasteiger partial charge in [-0.15, -0.1) is 0 Å². The second-order valence-electron chi connectivity index (χ2n) is 5.93. The predicted molar refractivity (Wildman–Crippen MR) is 73.7 cm³/mol. The van der Waals surface area contributed by atoms with E-state index < -0.39 is 22.7 Å². The molecule has 0 saturated heterocycles. The number of ketones is 1. The average Bonchev–Trinajstić information content (AvgIpc) is 2.48. The van der Waals surface area contributed by atoms with Gasteiger partial charge in [0.1, 0.15) is 5.78 Å². The first-order valence-corrected chi connectivity index (χ1v) is 7.08. The zero-order valence-electron chi connectivity index (χ0n) is 12.6. The Labute approximate surface area is 125 Å². The molecule has 21 heavy (non-hydrogen) atoms. The third kappa shape index (κ3) is 2.07. The number of nitrogens with zero attached hydrogens (tertiary/aromatic N) is 4. The highest BCUT2D eigenvalue weighted by Crippen LogP contribution is 2.57. The fourth-order valence-corrected chi connectivity index (χ4v) is 3.45. The van der Waals surface area contributed by atoms with Crippen molar-refractivity contribution < 1.29 is 4.79 Å². The van der Waals surface area contributed by atoms with Crippen molar-refractivity contribution in [2.45, 2.75) is 40.0 Å². The highest BCUT2D eigenvalue weighted by molar-refractivity contribution is 5.85. The van der Waals surface area contributed by atoms with Gasteiger partial charge in [-0.3, -0.25) is 4.79 Å². The first-order chi connectivity index (χ1) is 9.90. The number of carbonyl (C=O) groups excluding carboxylic acids is 1. The summed E-state index contributed by atoms with van der Waals surface area (Å²) in [6.07, 6.45) is 1.03. The van der Waals surface area contributed by atoms with Crippen LogP contribution in [0.3, 0.4) is 0 Å². The summed E-state index contributed by atoms with van der Waals surface area (Å²) in [6.45, 7) is 5.46. The minimum absolute atomic E-state index is 0.0779. The van der Waals surface area contributed by atoms with E-state index in [9.17, 15) is 25.8 Å². The van der Waals surface area contributed by atoms with E-state index in [2.05, 4.69) is 0 Å². The smallest absolute Gasteiger partial charge is 0.185 e. The maximum atomic E-state index is 12.4. The van der Waals surface area contributed by atoms with Crippen molar-refractivity contribution in [3.63, 3.8) is 0 Å². The van der Waals surface area contributed by atoms with Crippen LogP contribution < -0.4 is 0 Å². The summed E-state index contributed by atoms with van der Waals surface area (Å²) in [6, 6.07) is 7.65. The summed E-state index contributed by atoms with van der Waals surface area (Å²) in [5, 5.41) is 38.5. The third-order valence-corrected chi connectivity index (χ3v) is 4.60. The Bertz CT molecular complexity index is 566. The summed E-state index contributed by atoms with van der Waals surface area (Å²) in [5.41, 5.74) is -3.66. The Morgan fingerprint density at radius 2 is 1.57 bits per heavy atom. The van der Waals surface area contributed by atoms with Crippen molar-refractivity contribution in [2.24, 2.45) is 28.6 Å². The number of carbonyl (C=O) groups is 1. The zero-order chi connectivity index (χ0) is 16.3. The maximum Gasteiger partial charge on any atom is 0.185 e. The molecular weight excluding hydrogens is 264 g/mol. The van der Waals surface area contributed by atoms with Gasteiger partial charge in [0.2, 0.25) is 0 Å². The normalized spacial score (nSPS) is 26.2. The molecule has 5 heteroatoms. The average molecular weight is 282 g/mol. The van der Waals surface area contributed by atoms with Crippen molar-refractivity contribution in [1.82, 2.24) is 0 Å². The minimum atomic E-state index is -1.89. The van der Waals surface area contributed by atoms with Gasteiger partial charge >= 0.3 is 0 Å². The van der Waals surface area contributed by atoms with E-state index in [0.717, 1.165) is 0 Å². The number of hydrogen-bond acceptors (Lipinski definition) is 5. The van der Waals surface area contributed by atoms with Gasteiger partial charge in [-0.1, -0.05) is 27.2 Å². The molecule has 0 heterocycles. The minimum Gasteiger partial charge on any atom is -0.299 e. The van der Waals surface area contributed by atoms with E-state index in [1.807, 2.05) is 31.2 Å². The van der Waals surface area contributed by atoms with Gasteiger partial charge < -0.3 is 0 Å². The van der Waals surface area contributed by atoms with Gasteiger partial charge in [0, 0.05) is 12.3 Å². The predicted octanol–water partition coefficient (Wildman–Crippen LogP) is 2.71. The molecule has 0 bridgehead atoms. The molecule has 0 aromatic rings. The van der Waals surface area contributed by atoms with Crippen LogP contribution in [-0.4, -0.2) is 5.78 Å². The molecular formula is C16H18N4O. The van der Waals surface area contributed by atoms with Crippen LogP contribution in [0, 0.1) is 73.9 Å². The molecule has 0 amide bonds. The monoisotopic (exact) mass is 282 g/mol. The highest BCUT2D eigenvalue weighted by atomic mass is 16.1. The van der Waals surface area contributed by atoms with E-state index >= 15 is 0 Å². The van der Waals surface area contributed by atoms with Crippen LogP contribution in [0.25, 0.3) is 0 Å². The van der Waals surface area contributed by atoms with Gasteiger partial charge in [-0.25, -0.2) is 0 Å². The summed E-state index contributed by atoms with van der Waals surface area (Å²) in [7, 11) is 0. The Kier molecular flexibility index (Phi) is 4.73. The standard InChI is InChI=1S/C16H18N4O/c1-4-5-12-14(21)6-13(11(2)3)16(9-19,10-20)15(12,7-17)8-18/h11-13H,4-6H2,1-3H3. The number of Topliss-reactive ketones (excluding diaryl/α,β-unsaturated/α-hetero) is 1. The van der Waals surface area contributed by atoms with Gasteiger partial charge in [0.15, 0.2) is 10.8 Å². The first kappa shape index (κ1) is 16.7. The molecule has 0 radical (unpaired) electrons. The van der Waals surface area contributed by atoms with E-state index in [-0.39, 0.29) is 18.1 Å². The van der Waals surface area contributed by atoms with Crippen LogP contribution in [0.1, 0.15) is 40.0 Å². The molecule has 0 N–H and O–H groups in total. The number of rotatable bonds is 3. The van der Waals surface area contributed by atoms with Crippen LogP contribution in [0.15, 0.2) is 0 Å². The van der Waals surface area contributed by atoms with Gasteiger partial charge in [-0.2, -0.15) is 21.0 Å². The molecule has 5 nitrogen and oxygen atoms in total. The van der Waals surface area contributed by atoms with Crippen LogP contribution in [-0.2, 0) is 4.79 Å². The lowest BCUT2D eigenvalue weighted by Gasteiger charge is -2.47. The third-order valence-electron chi connectivity index (χ3n) is 4.60. The molecule has 1 fully saturated rings. The fraction of sp³-hybridized carbons (Fsp3) is 0.688. The van der Waals surface area contributed by atoms with Crippen molar-refractivity contribution in [2.75, 3.05) is 0 Å². The van der Waals surface area contributed by atoms with Crippen LogP contribution in [0.2, 0.25) is 0 Å². The van der Waals surface area contributed by atoms with E-state index in [1.54, 1.807) is 13.8 Å². The van der Waals surface area contributed by atoms with Gasteiger partial charge in [-0.05, 0) is 12.3 Å². The molecule has 108 valence electrons. The van der Waals surface area contributed by atoms with Gasteiger partial charge in [0.05, 0.1) is 30.2 Å². The van der Waals surface area contributed by atoms with Gasteiger partial charge in [0.25, 0.3) is 0 Å².